The number of nitrogens with one attached hydrogen (secondary N) is 1. The SMILES string of the molecule is CC(C)CC1CCCOP(=O)(c2ccc(Oc3ccc(Cl)cc3)cc2)N1. The summed E-state index contributed by atoms with van der Waals surface area (Å²) in [5.41, 5.74) is 0. The molecule has 1 fully saturated rings. The summed E-state index contributed by atoms with van der Waals surface area (Å²) in [6.07, 6.45) is 2.90. The molecule has 0 radical (unpaired) electrons. The fourth-order valence-electron chi connectivity index (χ4n) is 3.10. The van der Waals surface area contributed by atoms with Crippen LogP contribution in [-0.4, -0.2) is 12.6 Å². The summed E-state index contributed by atoms with van der Waals surface area (Å²) >= 11 is 5.89. The van der Waals surface area contributed by atoms with Crippen molar-refractivity contribution >= 4 is 24.4 Å². The van der Waals surface area contributed by atoms with Crippen molar-refractivity contribution in [2.24, 2.45) is 5.92 Å². The Morgan fingerprint density at radius 2 is 1.77 bits per heavy atom. The second kappa shape index (κ2) is 8.58. The number of benzene rings is 2. The first kappa shape index (κ1) is 19.4. The number of halogens is 1. The van der Waals surface area contributed by atoms with Gasteiger partial charge in [-0.15, -0.1) is 0 Å². The van der Waals surface area contributed by atoms with E-state index in [1.165, 1.54) is 0 Å². The van der Waals surface area contributed by atoms with Crippen molar-refractivity contribution in [3.63, 3.8) is 0 Å². The maximum Gasteiger partial charge on any atom is 0.299 e. The molecule has 1 N–H and O–H groups in total. The fourth-order valence-corrected chi connectivity index (χ4v) is 5.24. The van der Waals surface area contributed by atoms with Gasteiger partial charge in [0.1, 0.15) is 11.5 Å². The minimum Gasteiger partial charge on any atom is -0.457 e. The van der Waals surface area contributed by atoms with E-state index < -0.39 is 7.52 Å². The third-order valence-corrected chi connectivity index (χ3v) is 6.79. The molecule has 4 nitrogen and oxygen atoms in total. The summed E-state index contributed by atoms with van der Waals surface area (Å²) in [5.74, 6) is 1.93. The van der Waals surface area contributed by atoms with E-state index in [-0.39, 0.29) is 6.04 Å². The van der Waals surface area contributed by atoms with Gasteiger partial charge in [0, 0.05) is 11.1 Å². The number of hydrogen-bond donors (Lipinski definition) is 1. The molecule has 2 unspecified atom stereocenters. The van der Waals surface area contributed by atoms with Crippen LogP contribution in [0.2, 0.25) is 5.02 Å². The standard InChI is InChI=1S/C20H25ClNO3P/c1-15(2)14-17-4-3-13-24-26(23,22-17)20-11-9-19(10-12-20)25-18-7-5-16(21)6-8-18/h5-12,15,17H,3-4,13-14H2,1-2H3,(H,22,23). The van der Waals surface area contributed by atoms with Crippen molar-refractivity contribution in [1.29, 1.82) is 0 Å². The molecule has 6 heteroatoms. The molecular formula is C20H25ClNO3P. The molecule has 140 valence electrons. The quantitative estimate of drug-likeness (QED) is 0.655. The maximum absolute atomic E-state index is 13.4. The van der Waals surface area contributed by atoms with Crippen LogP contribution in [0.3, 0.4) is 0 Å². The lowest BCUT2D eigenvalue weighted by Crippen LogP contribution is -2.30. The van der Waals surface area contributed by atoms with Crippen molar-refractivity contribution in [1.82, 2.24) is 5.09 Å². The second-order valence-corrected chi connectivity index (χ2v) is 9.60. The lowest BCUT2D eigenvalue weighted by molar-refractivity contribution is 0.319. The molecule has 0 spiro atoms. The van der Waals surface area contributed by atoms with Gasteiger partial charge in [-0.25, -0.2) is 5.09 Å². The molecular weight excluding hydrogens is 369 g/mol. The maximum atomic E-state index is 13.4. The van der Waals surface area contributed by atoms with Crippen LogP contribution >= 0.6 is 19.1 Å². The summed E-state index contributed by atoms with van der Waals surface area (Å²) in [6, 6.07) is 14.7. The lowest BCUT2D eigenvalue weighted by atomic mass is 10.0. The zero-order valence-electron chi connectivity index (χ0n) is 15.2. The first-order valence-electron chi connectivity index (χ1n) is 9.01. The molecule has 1 saturated heterocycles. The molecule has 2 aromatic carbocycles. The van der Waals surface area contributed by atoms with E-state index in [1.54, 1.807) is 12.1 Å². The Hall–Kier alpha value is -1.32. The zero-order valence-corrected chi connectivity index (χ0v) is 16.8. The summed E-state index contributed by atoms with van der Waals surface area (Å²) in [5, 5.41) is 4.64. The highest BCUT2D eigenvalue weighted by molar-refractivity contribution is 7.65. The Morgan fingerprint density at radius 1 is 1.15 bits per heavy atom. The van der Waals surface area contributed by atoms with Gasteiger partial charge < -0.3 is 9.26 Å². The molecule has 26 heavy (non-hydrogen) atoms. The third kappa shape index (κ3) is 5.11. The van der Waals surface area contributed by atoms with Gasteiger partial charge in [-0.3, -0.25) is 4.57 Å². The van der Waals surface area contributed by atoms with Crippen LogP contribution in [0.25, 0.3) is 0 Å². The van der Waals surface area contributed by atoms with Gasteiger partial charge in [-0.2, -0.15) is 0 Å². The highest BCUT2D eigenvalue weighted by atomic mass is 35.5. The first-order chi connectivity index (χ1) is 12.4. The molecule has 2 aromatic rings. The molecule has 0 aliphatic carbocycles. The van der Waals surface area contributed by atoms with Crippen molar-refractivity contribution in [3.8, 4) is 11.5 Å². The van der Waals surface area contributed by atoms with Crippen LogP contribution in [0.5, 0.6) is 11.5 Å². The van der Waals surface area contributed by atoms with E-state index in [9.17, 15) is 4.57 Å². The average molecular weight is 394 g/mol. The summed E-state index contributed by atoms with van der Waals surface area (Å²) < 4.78 is 24.9. The van der Waals surface area contributed by atoms with Crippen LogP contribution in [0, 0.1) is 5.92 Å². The Bertz CT molecular complexity index is 762. The molecule has 1 heterocycles. The van der Waals surface area contributed by atoms with E-state index in [2.05, 4.69) is 18.9 Å². The zero-order chi connectivity index (χ0) is 18.6. The molecule has 0 aromatic heterocycles. The predicted molar refractivity (Wildman–Crippen MR) is 107 cm³/mol. The van der Waals surface area contributed by atoms with Gasteiger partial charge in [0.05, 0.1) is 11.9 Å². The Kier molecular flexibility index (Phi) is 6.42. The molecule has 0 saturated carbocycles. The highest BCUT2D eigenvalue weighted by Crippen LogP contribution is 2.45. The molecule has 1 aliphatic rings. The van der Waals surface area contributed by atoms with Gasteiger partial charge in [0.2, 0.25) is 0 Å². The molecule has 1 aliphatic heterocycles. The van der Waals surface area contributed by atoms with Gasteiger partial charge >= 0.3 is 0 Å². The van der Waals surface area contributed by atoms with Gasteiger partial charge in [0.25, 0.3) is 7.52 Å². The highest BCUT2D eigenvalue weighted by Gasteiger charge is 2.31. The van der Waals surface area contributed by atoms with Crippen molar-refractivity contribution in [3.05, 3.63) is 53.6 Å². The first-order valence-corrected chi connectivity index (χ1v) is 11.0. The van der Waals surface area contributed by atoms with Crippen molar-refractivity contribution in [2.45, 2.75) is 39.2 Å². The number of hydrogen-bond acceptors (Lipinski definition) is 3. The topological polar surface area (TPSA) is 47.6 Å². The van der Waals surface area contributed by atoms with Crippen LogP contribution in [-0.2, 0) is 9.09 Å². The van der Waals surface area contributed by atoms with Gasteiger partial charge in [-0.1, -0.05) is 25.4 Å². The summed E-state index contributed by atoms with van der Waals surface area (Å²) in [6.45, 7) is 4.88. The van der Waals surface area contributed by atoms with Gasteiger partial charge in [-0.05, 0) is 73.7 Å². The molecule has 0 bridgehead atoms. The lowest BCUT2D eigenvalue weighted by Gasteiger charge is -2.23. The molecule has 0 amide bonds. The number of rotatable bonds is 5. The van der Waals surface area contributed by atoms with Crippen LogP contribution in [0.1, 0.15) is 33.1 Å². The number of ether oxygens (including phenoxy) is 1. The Morgan fingerprint density at radius 3 is 2.38 bits per heavy atom. The summed E-state index contributed by atoms with van der Waals surface area (Å²) in [7, 11) is -3.05. The van der Waals surface area contributed by atoms with Crippen LogP contribution in [0.15, 0.2) is 48.5 Å². The largest absolute Gasteiger partial charge is 0.457 e. The van der Waals surface area contributed by atoms with E-state index in [0.717, 1.165) is 19.3 Å². The van der Waals surface area contributed by atoms with Crippen LogP contribution < -0.4 is 15.1 Å². The van der Waals surface area contributed by atoms with Crippen molar-refractivity contribution in [2.75, 3.05) is 6.61 Å². The Labute approximate surface area is 160 Å². The summed E-state index contributed by atoms with van der Waals surface area (Å²) in [4.78, 5) is 0. The average Bonchev–Trinajstić information content (AvgIpc) is 2.79. The van der Waals surface area contributed by atoms with Crippen molar-refractivity contribution < 1.29 is 13.8 Å². The second-order valence-electron chi connectivity index (χ2n) is 7.03. The third-order valence-electron chi connectivity index (χ3n) is 4.30. The minimum absolute atomic E-state index is 0.216. The van der Waals surface area contributed by atoms with E-state index in [4.69, 9.17) is 20.9 Å². The fraction of sp³-hybridized carbons (Fsp3) is 0.400. The van der Waals surface area contributed by atoms with Gasteiger partial charge in [0.15, 0.2) is 0 Å². The monoisotopic (exact) mass is 393 g/mol. The van der Waals surface area contributed by atoms with E-state index >= 15 is 0 Å². The van der Waals surface area contributed by atoms with E-state index in [0.29, 0.717) is 34.4 Å². The minimum atomic E-state index is -3.05. The van der Waals surface area contributed by atoms with E-state index in [1.807, 2.05) is 36.4 Å². The Balaban J connectivity index is 1.73. The smallest absolute Gasteiger partial charge is 0.299 e. The molecule has 3 rings (SSSR count). The predicted octanol–water partition coefficient (Wildman–Crippen LogP) is 5.77. The molecule has 2 atom stereocenters. The normalized spacial score (nSPS) is 23.6. The van der Waals surface area contributed by atoms with Crippen LogP contribution in [0.4, 0.5) is 0 Å².